The Morgan fingerprint density at radius 3 is 2.62 bits per heavy atom. The largest absolute Gasteiger partial charge is 0.355 e. The number of thiophene rings is 1. The van der Waals surface area contributed by atoms with Gasteiger partial charge in [-0.05, 0) is 11.4 Å². The summed E-state index contributed by atoms with van der Waals surface area (Å²) in [5, 5.41) is 2.00. The molecular weight excluding hydrogens is 220 g/mol. The molecule has 3 heteroatoms. The third kappa shape index (κ3) is 1.68. The summed E-state index contributed by atoms with van der Waals surface area (Å²) >= 11 is 1.63. The number of Topliss-reactive ketones (excluding diaryl/α,β-unsaturated/α-hetero) is 1. The third-order valence-electron chi connectivity index (χ3n) is 2.63. The predicted molar refractivity (Wildman–Crippen MR) is 62.7 cm³/mol. The van der Waals surface area contributed by atoms with E-state index < -0.39 is 0 Å². The maximum absolute atomic E-state index is 12.0. The van der Waals surface area contributed by atoms with E-state index >= 15 is 0 Å². The highest BCUT2D eigenvalue weighted by molar-refractivity contribution is 7.10. The van der Waals surface area contributed by atoms with Gasteiger partial charge in [-0.3, -0.25) is 4.79 Å². The Bertz CT molecular complexity index is 490. The van der Waals surface area contributed by atoms with E-state index in [9.17, 15) is 4.79 Å². The van der Waals surface area contributed by atoms with Gasteiger partial charge >= 0.3 is 0 Å². The number of carbonyl (C=O) groups is 1. The smallest absolute Gasteiger partial charge is 0.194 e. The monoisotopic (exact) mass is 230 g/mol. The number of hydrogen-bond donors (Lipinski definition) is 0. The van der Waals surface area contributed by atoms with E-state index in [1.165, 1.54) is 0 Å². The fraction of sp³-hybridized carbons (Fsp3) is 0.154. The van der Waals surface area contributed by atoms with Crippen molar-refractivity contribution in [3.8, 4) is 0 Å². The van der Waals surface area contributed by atoms with Crippen LogP contribution < -0.4 is 0 Å². The molecule has 2 nitrogen and oxygen atoms in total. The highest BCUT2D eigenvalue weighted by atomic mass is 32.1. The van der Waals surface area contributed by atoms with Gasteiger partial charge in [-0.1, -0.05) is 36.4 Å². The van der Waals surface area contributed by atoms with Crippen molar-refractivity contribution in [2.24, 2.45) is 0 Å². The Balaban J connectivity index is 1.76. The Labute approximate surface area is 97.5 Å². The van der Waals surface area contributed by atoms with Crippen LogP contribution in [0.4, 0.5) is 0 Å². The van der Waals surface area contributed by atoms with Gasteiger partial charge < -0.3 is 4.74 Å². The van der Waals surface area contributed by atoms with Crippen molar-refractivity contribution in [2.45, 2.75) is 12.2 Å². The molecule has 0 bridgehead atoms. The molecule has 1 fully saturated rings. The molecule has 80 valence electrons. The Kier molecular flexibility index (Phi) is 2.35. The van der Waals surface area contributed by atoms with Gasteiger partial charge in [0.1, 0.15) is 6.10 Å². The van der Waals surface area contributed by atoms with Gasteiger partial charge in [0.15, 0.2) is 11.9 Å². The molecule has 2 aromatic rings. The number of rotatable bonds is 3. The van der Waals surface area contributed by atoms with Crippen LogP contribution in [0.1, 0.15) is 21.3 Å². The zero-order chi connectivity index (χ0) is 11.0. The van der Waals surface area contributed by atoms with E-state index in [4.69, 9.17) is 4.74 Å². The SMILES string of the molecule is O=C(c1ccccc1)[C@H]1O[C@@H]1c1cccs1. The minimum atomic E-state index is -0.277. The van der Waals surface area contributed by atoms with Crippen LogP contribution in [-0.4, -0.2) is 11.9 Å². The van der Waals surface area contributed by atoms with Gasteiger partial charge in [0.2, 0.25) is 0 Å². The minimum absolute atomic E-state index is 0.0206. The lowest BCUT2D eigenvalue weighted by Gasteiger charge is -1.95. The molecule has 16 heavy (non-hydrogen) atoms. The van der Waals surface area contributed by atoms with Crippen molar-refractivity contribution in [1.29, 1.82) is 0 Å². The summed E-state index contributed by atoms with van der Waals surface area (Å²) in [5.74, 6) is 0.0824. The highest BCUT2D eigenvalue weighted by Crippen LogP contribution is 2.42. The molecule has 2 atom stereocenters. The average molecular weight is 230 g/mol. The summed E-state index contributed by atoms with van der Waals surface area (Å²) in [6.45, 7) is 0. The van der Waals surface area contributed by atoms with Crippen LogP contribution in [0.3, 0.4) is 0 Å². The molecule has 1 aliphatic rings. The average Bonchev–Trinajstić information content (AvgIpc) is 2.95. The lowest BCUT2D eigenvalue weighted by Crippen LogP contribution is -2.07. The molecule has 0 amide bonds. The molecular formula is C13H10O2S. The molecule has 0 spiro atoms. The molecule has 1 saturated heterocycles. The molecule has 0 radical (unpaired) electrons. The predicted octanol–water partition coefficient (Wildman–Crippen LogP) is 3.07. The highest BCUT2D eigenvalue weighted by Gasteiger charge is 2.46. The van der Waals surface area contributed by atoms with Gasteiger partial charge in [-0.2, -0.15) is 0 Å². The van der Waals surface area contributed by atoms with Crippen LogP contribution in [0.5, 0.6) is 0 Å². The summed E-state index contributed by atoms with van der Waals surface area (Å²) in [6.07, 6.45) is -0.297. The van der Waals surface area contributed by atoms with E-state index in [1.807, 2.05) is 47.8 Å². The maximum atomic E-state index is 12.0. The number of hydrogen-bond acceptors (Lipinski definition) is 3. The molecule has 1 aromatic carbocycles. The second kappa shape index (κ2) is 3.85. The molecule has 0 aliphatic carbocycles. The lowest BCUT2D eigenvalue weighted by atomic mass is 10.1. The summed E-state index contributed by atoms with van der Waals surface area (Å²) < 4.78 is 5.44. The normalized spacial score (nSPS) is 23.0. The minimum Gasteiger partial charge on any atom is -0.355 e. The summed E-state index contributed by atoms with van der Waals surface area (Å²) in [7, 11) is 0. The second-order valence-corrected chi connectivity index (χ2v) is 4.70. The topological polar surface area (TPSA) is 29.6 Å². The van der Waals surface area contributed by atoms with Crippen molar-refractivity contribution < 1.29 is 9.53 Å². The first-order valence-electron chi connectivity index (χ1n) is 5.14. The van der Waals surface area contributed by atoms with Crippen LogP contribution in [0.15, 0.2) is 47.8 Å². The molecule has 1 aromatic heterocycles. The number of epoxide rings is 1. The standard InChI is InChI=1S/C13H10O2S/c14-11(9-5-2-1-3-6-9)13-12(15-13)10-7-4-8-16-10/h1-8,12-13H/t12-,13-/m1/s1. The summed E-state index contributed by atoms with van der Waals surface area (Å²) in [4.78, 5) is 13.1. The Morgan fingerprint density at radius 1 is 1.12 bits per heavy atom. The zero-order valence-electron chi connectivity index (χ0n) is 8.50. The quantitative estimate of drug-likeness (QED) is 0.599. The van der Waals surface area contributed by atoms with Gasteiger partial charge in [0, 0.05) is 10.4 Å². The van der Waals surface area contributed by atoms with Crippen LogP contribution in [-0.2, 0) is 4.74 Å². The number of ketones is 1. The van der Waals surface area contributed by atoms with E-state index in [1.54, 1.807) is 11.3 Å². The van der Waals surface area contributed by atoms with Gasteiger partial charge in [0.25, 0.3) is 0 Å². The van der Waals surface area contributed by atoms with E-state index in [-0.39, 0.29) is 18.0 Å². The molecule has 0 saturated carbocycles. The first-order chi connectivity index (χ1) is 7.86. The fourth-order valence-electron chi connectivity index (χ4n) is 1.75. The maximum Gasteiger partial charge on any atom is 0.194 e. The Hall–Kier alpha value is -1.45. The fourth-order valence-corrected chi connectivity index (χ4v) is 2.53. The third-order valence-corrected chi connectivity index (χ3v) is 3.57. The Morgan fingerprint density at radius 2 is 1.94 bits per heavy atom. The van der Waals surface area contributed by atoms with Crippen molar-refractivity contribution in [3.63, 3.8) is 0 Å². The molecule has 2 heterocycles. The number of benzene rings is 1. The van der Waals surface area contributed by atoms with Gasteiger partial charge in [0.05, 0.1) is 0 Å². The van der Waals surface area contributed by atoms with Crippen molar-refractivity contribution in [3.05, 3.63) is 58.3 Å². The van der Waals surface area contributed by atoms with Crippen LogP contribution in [0.2, 0.25) is 0 Å². The van der Waals surface area contributed by atoms with Crippen LogP contribution in [0, 0.1) is 0 Å². The van der Waals surface area contributed by atoms with Gasteiger partial charge in [-0.25, -0.2) is 0 Å². The molecule has 0 N–H and O–H groups in total. The lowest BCUT2D eigenvalue weighted by molar-refractivity contribution is 0.0953. The van der Waals surface area contributed by atoms with Gasteiger partial charge in [-0.15, -0.1) is 11.3 Å². The number of ether oxygens (including phenoxy) is 1. The van der Waals surface area contributed by atoms with Crippen molar-refractivity contribution in [2.75, 3.05) is 0 Å². The van der Waals surface area contributed by atoms with E-state index in [2.05, 4.69) is 0 Å². The molecule has 3 rings (SSSR count). The summed E-state index contributed by atoms with van der Waals surface area (Å²) in [6, 6.07) is 13.3. The zero-order valence-corrected chi connectivity index (χ0v) is 9.31. The van der Waals surface area contributed by atoms with Crippen molar-refractivity contribution >= 4 is 17.1 Å². The molecule has 1 aliphatic heterocycles. The van der Waals surface area contributed by atoms with Crippen molar-refractivity contribution in [1.82, 2.24) is 0 Å². The first kappa shape index (κ1) is 9.75. The molecule has 0 unspecified atom stereocenters. The van der Waals surface area contributed by atoms with Crippen LogP contribution >= 0.6 is 11.3 Å². The second-order valence-electron chi connectivity index (χ2n) is 3.72. The van der Waals surface area contributed by atoms with E-state index in [0.717, 1.165) is 10.4 Å². The number of carbonyl (C=O) groups excluding carboxylic acids is 1. The van der Waals surface area contributed by atoms with Crippen LogP contribution in [0.25, 0.3) is 0 Å². The summed E-state index contributed by atoms with van der Waals surface area (Å²) in [5.41, 5.74) is 0.728. The first-order valence-corrected chi connectivity index (χ1v) is 6.02. The van der Waals surface area contributed by atoms with E-state index in [0.29, 0.717) is 0 Å².